The molecule has 0 aliphatic rings. The summed E-state index contributed by atoms with van der Waals surface area (Å²) in [6, 6.07) is 0.202. The molecular weight excluding hydrogens is 194 g/mol. The van der Waals surface area contributed by atoms with Gasteiger partial charge in [0.05, 0.1) is 13.2 Å². The predicted octanol–water partition coefficient (Wildman–Crippen LogP) is 1.45. The van der Waals surface area contributed by atoms with E-state index in [0.29, 0.717) is 12.5 Å². The maximum absolute atomic E-state index is 10.7. The zero-order valence-corrected chi connectivity index (χ0v) is 10.2. The van der Waals surface area contributed by atoms with Crippen LogP contribution >= 0.6 is 0 Å². The van der Waals surface area contributed by atoms with Gasteiger partial charge in [0, 0.05) is 19.7 Å². The molecule has 0 aliphatic carbocycles. The van der Waals surface area contributed by atoms with Crippen molar-refractivity contribution in [1.82, 2.24) is 4.90 Å². The summed E-state index contributed by atoms with van der Waals surface area (Å²) in [5.41, 5.74) is 0. The molecule has 0 fully saturated rings. The molecule has 0 aromatic rings. The quantitative estimate of drug-likeness (QED) is 0.668. The van der Waals surface area contributed by atoms with Crippen LogP contribution in [0, 0.1) is 5.92 Å². The first kappa shape index (κ1) is 14.4. The van der Waals surface area contributed by atoms with Crippen molar-refractivity contribution >= 4 is 5.97 Å². The van der Waals surface area contributed by atoms with Crippen LogP contribution in [0.15, 0.2) is 0 Å². The standard InChI is InChI=1S/C11H23NO3/c1-5-10(8-15-4)12(6-9(2)3)7-11(13)14/h9-10H,5-8H2,1-4H3,(H,13,14). The van der Waals surface area contributed by atoms with Crippen LogP contribution in [0.5, 0.6) is 0 Å². The summed E-state index contributed by atoms with van der Waals surface area (Å²) in [6.45, 7) is 7.73. The van der Waals surface area contributed by atoms with Gasteiger partial charge in [-0.15, -0.1) is 0 Å². The molecule has 0 amide bonds. The molecular formula is C11H23NO3. The van der Waals surface area contributed by atoms with E-state index in [1.165, 1.54) is 0 Å². The molecule has 1 unspecified atom stereocenters. The first-order valence-electron chi connectivity index (χ1n) is 5.46. The highest BCUT2D eigenvalue weighted by atomic mass is 16.5. The van der Waals surface area contributed by atoms with Gasteiger partial charge in [-0.3, -0.25) is 9.69 Å². The molecule has 0 aliphatic heterocycles. The zero-order chi connectivity index (χ0) is 11.8. The van der Waals surface area contributed by atoms with E-state index in [1.54, 1.807) is 7.11 Å². The predicted molar refractivity (Wildman–Crippen MR) is 60.0 cm³/mol. The number of rotatable bonds is 8. The second kappa shape index (κ2) is 7.65. The third kappa shape index (κ3) is 6.47. The number of hydrogen-bond acceptors (Lipinski definition) is 3. The van der Waals surface area contributed by atoms with Gasteiger partial charge in [-0.2, -0.15) is 0 Å². The van der Waals surface area contributed by atoms with Crippen molar-refractivity contribution < 1.29 is 14.6 Å². The smallest absolute Gasteiger partial charge is 0.317 e. The fraction of sp³-hybridized carbons (Fsp3) is 0.909. The van der Waals surface area contributed by atoms with Gasteiger partial charge >= 0.3 is 5.97 Å². The molecule has 1 N–H and O–H groups in total. The highest BCUT2D eigenvalue weighted by Crippen LogP contribution is 2.08. The van der Waals surface area contributed by atoms with Gasteiger partial charge in [0.1, 0.15) is 0 Å². The Morgan fingerprint density at radius 3 is 2.40 bits per heavy atom. The lowest BCUT2D eigenvalue weighted by atomic mass is 10.1. The molecule has 0 radical (unpaired) electrons. The molecule has 0 bridgehead atoms. The van der Waals surface area contributed by atoms with Crippen molar-refractivity contribution in [2.24, 2.45) is 5.92 Å². The van der Waals surface area contributed by atoms with E-state index >= 15 is 0 Å². The number of hydrogen-bond donors (Lipinski definition) is 1. The molecule has 4 nitrogen and oxygen atoms in total. The molecule has 15 heavy (non-hydrogen) atoms. The van der Waals surface area contributed by atoms with Gasteiger partial charge in [-0.1, -0.05) is 20.8 Å². The van der Waals surface area contributed by atoms with Crippen LogP contribution in [-0.4, -0.2) is 48.8 Å². The highest BCUT2D eigenvalue weighted by Gasteiger charge is 2.19. The molecule has 0 aromatic carbocycles. The summed E-state index contributed by atoms with van der Waals surface area (Å²) in [5.74, 6) is -0.305. The maximum atomic E-state index is 10.7. The lowest BCUT2D eigenvalue weighted by molar-refractivity contribution is -0.139. The molecule has 0 saturated carbocycles. The Labute approximate surface area is 92.2 Å². The molecule has 0 saturated heterocycles. The fourth-order valence-corrected chi connectivity index (χ4v) is 1.66. The lowest BCUT2D eigenvalue weighted by Gasteiger charge is -2.30. The van der Waals surface area contributed by atoms with E-state index in [-0.39, 0.29) is 12.6 Å². The molecule has 0 rings (SSSR count). The average Bonchev–Trinajstić information content (AvgIpc) is 2.11. The van der Waals surface area contributed by atoms with Crippen molar-refractivity contribution in [3.05, 3.63) is 0 Å². The van der Waals surface area contributed by atoms with E-state index < -0.39 is 5.97 Å². The Morgan fingerprint density at radius 1 is 1.47 bits per heavy atom. The Kier molecular flexibility index (Phi) is 7.34. The number of ether oxygens (including phenoxy) is 1. The lowest BCUT2D eigenvalue weighted by Crippen LogP contribution is -2.43. The van der Waals surface area contributed by atoms with E-state index in [0.717, 1.165) is 13.0 Å². The van der Waals surface area contributed by atoms with E-state index in [4.69, 9.17) is 9.84 Å². The van der Waals surface area contributed by atoms with Crippen LogP contribution in [-0.2, 0) is 9.53 Å². The molecule has 4 heteroatoms. The first-order valence-corrected chi connectivity index (χ1v) is 5.46. The second-order valence-electron chi connectivity index (χ2n) is 4.23. The van der Waals surface area contributed by atoms with Crippen LogP contribution in [0.25, 0.3) is 0 Å². The van der Waals surface area contributed by atoms with Gasteiger partial charge in [-0.25, -0.2) is 0 Å². The van der Waals surface area contributed by atoms with Crippen molar-refractivity contribution in [2.75, 3.05) is 26.8 Å². The van der Waals surface area contributed by atoms with Crippen molar-refractivity contribution in [2.45, 2.75) is 33.2 Å². The normalized spacial score (nSPS) is 13.5. The molecule has 0 heterocycles. The fourth-order valence-electron chi connectivity index (χ4n) is 1.66. The molecule has 0 spiro atoms. The van der Waals surface area contributed by atoms with Gasteiger partial charge in [0.25, 0.3) is 0 Å². The van der Waals surface area contributed by atoms with E-state index in [1.807, 2.05) is 4.90 Å². The van der Waals surface area contributed by atoms with Crippen LogP contribution in [0.3, 0.4) is 0 Å². The van der Waals surface area contributed by atoms with Crippen molar-refractivity contribution in [3.8, 4) is 0 Å². The van der Waals surface area contributed by atoms with Gasteiger partial charge in [-0.05, 0) is 12.3 Å². The SMILES string of the molecule is CCC(COC)N(CC(=O)O)CC(C)C. The number of carboxylic acids is 1. The summed E-state index contributed by atoms with van der Waals surface area (Å²) in [4.78, 5) is 12.7. The third-order valence-electron chi connectivity index (χ3n) is 2.28. The number of nitrogens with zero attached hydrogens (tertiary/aromatic N) is 1. The monoisotopic (exact) mass is 217 g/mol. The summed E-state index contributed by atoms with van der Waals surface area (Å²) in [5, 5.41) is 8.83. The highest BCUT2D eigenvalue weighted by molar-refractivity contribution is 5.69. The van der Waals surface area contributed by atoms with Crippen molar-refractivity contribution in [3.63, 3.8) is 0 Å². The second-order valence-corrected chi connectivity index (χ2v) is 4.23. The molecule has 0 aromatic heterocycles. The van der Waals surface area contributed by atoms with Crippen molar-refractivity contribution in [1.29, 1.82) is 0 Å². The van der Waals surface area contributed by atoms with Crippen LogP contribution in [0.4, 0.5) is 0 Å². The van der Waals surface area contributed by atoms with Crippen LogP contribution < -0.4 is 0 Å². The maximum Gasteiger partial charge on any atom is 0.317 e. The summed E-state index contributed by atoms with van der Waals surface area (Å²) < 4.78 is 5.10. The zero-order valence-electron chi connectivity index (χ0n) is 10.2. The van der Waals surface area contributed by atoms with Gasteiger partial charge < -0.3 is 9.84 Å². The van der Waals surface area contributed by atoms with E-state index in [9.17, 15) is 4.79 Å². The van der Waals surface area contributed by atoms with Gasteiger partial charge in [0.15, 0.2) is 0 Å². The summed E-state index contributed by atoms with van der Waals surface area (Å²) in [6.07, 6.45) is 0.911. The minimum atomic E-state index is -0.773. The Hall–Kier alpha value is -0.610. The third-order valence-corrected chi connectivity index (χ3v) is 2.28. The number of methoxy groups -OCH3 is 1. The molecule has 90 valence electrons. The summed E-state index contributed by atoms with van der Waals surface area (Å²) >= 11 is 0. The number of aliphatic carboxylic acids is 1. The van der Waals surface area contributed by atoms with E-state index in [2.05, 4.69) is 20.8 Å². The average molecular weight is 217 g/mol. The Balaban J connectivity index is 4.35. The Morgan fingerprint density at radius 2 is 2.07 bits per heavy atom. The van der Waals surface area contributed by atoms with Gasteiger partial charge in [0.2, 0.25) is 0 Å². The Bertz CT molecular complexity index is 183. The first-order chi connectivity index (χ1) is 7.01. The summed E-state index contributed by atoms with van der Waals surface area (Å²) in [7, 11) is 1.65. The minimum absolute atomic E-state index is 0.0973. The topological polar surface area (TPSA) is 49.8 Å². The van der Waals surface area contributed by atoms with Crippen LogP contribution in [0.2, 0.25) is 0 Å². The molecule has 1 atom stereocenters. The number of carboxylic acid groups (broad SMARTS) is 1. The number of carbonyl (C=O) groups is 1. The largest absolute Gasteiger partial charge is 0.480 e. The minimum Gasteiger partial charge on any atom is -0.480 e. The van der Waals surface area contributed by atoms with Crippen LogP contribution in [0.1, 0.15) is 27.2 Å².